The normalized spacial score (nSPS) is 13.2. The van der Waals surface area contributed by atoms with Crippen LogP contribution < -0.4 is 0 Å². The van der Waals surface area contributed by atoms with Crippen molar-refractivity contribution in [2.24, 2.45) is 0 Å². The molecule has 0 amide bonds. The Bertz CT molecular complexity index is 257. The Balaban J connectivity index is 2.13. The second kappa shape index (κ2) is 7.82. The van der Waals surface area contributed by atoms with Gasteiger partial charge in [0.05, 0.1) is 6.10 Å². The Kier molecular flexibility index (Phi) is 6.69. The Hall–Kier alpha value is -0.380. The van der Waals surface area contributed by atoms with Crippen molar-refractivity contribution in [1.29, 1.82) is 0 Å². The van der Waals surface area contributed by atoms with Crippen molar-refractivity contribution in [3.05, 3.63) is 22.4 Å². The number of aryl methyl sites for hydroxylation is 1. The van der Waals surface area contributed by atoms with E-state index in [9.17, 15) is 5.11 Å². The van der Waals surface area contributed by atoms with Gasteiger partial charge in [0, 0.05) is 11.4 Å². The molecule has 0 bridgehead atoms. The molecule has 0 fully saturated rings. The predicted molar refractivity (Wildman–Crippen MR) is 71.1 cm³/mol. The van der Waals surface area contributed by atoms with E-state index in [0.717, 1.165) is 38.9 Å². The van der Waals surface area contributed by atoms with E-state index >= 15 is 0 Å². The quantitative estimate of drug-likeness (QED) is 0.756. The van der Waals surface area contributed by atoms with Gasteiger partial charge >= 0.3 is 0 Å². The molecule has 0 saturated carbocycles. The second-order valence-corrected chi connectivity index (χ2v) is 5.12. The molecule has 0 saturated heterocycles. The number of hydrogen-bond acceptors (Lipinski definition) is 3. The van der Waals surface area contributed by atoms with Gasteiger partial charge in [-0.3, -0.25) is 0 Å². The molecule has 92 valence electrons. The van der Waals surface area contributed by atoms with Crippen LogP contribution >= 0.6 is 11.3 Å². The van der Waals surface area contributed by atoms with Gasteiger partial charge < -0.3 is 10.0 Å². The summed E-state index contributed by atoms with van der Waals surface area (Å²) in [6, 6.07) is 4.21. The van der Waals surface area contributed by atoms with Crippen LogP contribution in [0.25, 0.3) is 0 Å². The topological polar surface area (TPSA) is 23.5 Å². The highest BCUT2D eigenvalue weighted by atomic mass is 32.1. The zero-order valence-corrected chi connectivity index (χ0v) is 11.2. The molecule has 2 nitrogen and oxygen atoms in total. The van der Waals surface area contributed by atoms with Crippen LogP contribution in [0.1, 0.15) is 31.6 Å². The summed E-state index contributed by atoms with van der Waals surface area (Å²) < 4.78 is 0. The maximum Gasteiger partial charge on any atom is 0.0555 e. The lowest BCUT2D eigenvalue weighted by molar-refractivity contribution is 0.135. The summed E-state index contributed by atoms with van der Waals surface area (Å²) in [6.07, 6.45) is 2.65. The first-order chi connectivity index (χ1) is 7.76. The SMILES string of the molecule is CCN(CC)CCC(O)CCc1cccs1. The van der Waals surface area contributed by atoms with E-state index in [1.165, 1.54) is 4.88 Å². The summed E-state index contributed by atoms with van der Waals surface area (Å²) in [5.74, 6) is 0. The molecule has 1 aromatic heterocycles. The molecule has 0 spiro atoms. The van der Waals surface area contributed by atoms with Gasteiger partial charge in [0.15, 0.2) is 0 Å². The molecule has 0 aromatic carbocycles. The Morgan fingerprint density at radius 3 is 2.62 bits per heavy atom. The van der Waals surface area contributed by atoms with E-state index in [1.54, 1.807) is 11.3 Å². The monoisotopic (exact) mass is 241 g/mol. The zero-order valence-electron chi connectivity index (χ0n) is 10.4. The van der Waals surface area contributed by atoms with Crippen LogP contribution in [-0.2, 0) is 6.42 Å². The van der Waals surface area contributed by atoms with Gasteiger partial charge in [-0.15, -0.1) is 11.3 Å². The van der Waals surface area contributed by atoms with Crippen molar-refractivity contribution in [1.82, 2.24) is 4.90 Å². The number of thiophene rings is 1. The maximum absolute atomic E-state index is 9.87. The summed E-state index contributed by atoms with van der Waals surface area (Å²) in [5.41, 5.74) is 0. The number of aliphatic hydroxyl groups is 1. The molecule has 1 N–H and O–H groups in total. The average Bonchev–Trinajstić information content (AvgIpc) is 2.80. The molecule has 1 rings (SSSR count). The van der Waals surface area contributed by atoms with Crippen LogP contribution in [0.3, 0.4) is 0 Å². The van der Waals surface area contributed by atoms with Crippen LogP contribution in [0.2, 0.25) is 0 Å². The van der Waals surface area contributed by atoms with E-state index in [-0.39, 0.29) is 6.10 Å². The highest BCUT2D eigenvalue weighted by molar-refractivity contribution is 7.09. The Morgan fingerprint density at radius 2 is 2.06 bits per heavy atom. The molecule has 1 unspecified atom stereocenters. The van der Waals surface area contributed by atoms with Gasteiger partial charge in [0.25, 0.3) is 0 Å². The van der Waals surface area contributed by atoms with Crippen LogP contribution in [-0.4, -0.2) is 35.7 Å². The Labute approximate surface area is 103 Å². The van der Waals surface area contributed by atoms with Gasteiger partial charge in [-0.05, 0) is 43.8 Å². The van der Waals surface area contributed by atoms with Gasteiger partial charge in [0.2, 0.25) is 0 Å². The molecular formula is C13H23NOS. The third-order valence-corrected chi connectivity index (χ3v) is 3.91. The maximum atomic E-state index is 9.87. The third-order valence-electron chi connectivity index (χ3n) is 2.98. The zero-order chi connectivity index (χ0) is 11.8. The number of aliphatic hydroxyl groups excluding tert-OH is 1. The predicted octanol–water partition coefficient (Wildman–Crippen LogP) is 2.77. The van der Waals surface area contributed by atoms with Crippen LogP contribution in [0.4, 0.5) is 0 Å². The first-order valence-electron chi connectivity index (χ1n) is 6.19. The molecule has 1 aromatic rings. The van der Waals surface area contributed by atoms with Crippen molar-refractivity contribution >= 4 is 11.3 Å². The first kappa shape index (κ1) is 13.7. The van der Waals surface area contributed by atoms with Gasteiger partial charge in [-0.25, -0.2) is 0 Å². The van der Waals surface area contributed by atoms with Gasteiger partial charge in [-0.2, -0.15) is 0 Å². The standard InChI is InChI=1S/C13H23NOS/c1-3-14(4-2)10-9-12(15)7-8-13-6-5-11-16-13/h5-6,11-12,15H,3-4,7-10H2,1-2H3. The summed E-state index contributed by atoms with van der Waals surface area (Å²) >= 11 is 1.78. The molecule has 0 aliphatic rings. The third kappa shape index (κ3) is 5.10. The van der Waals surface area contributed by atoms with E-state index in [0.29, 0.717) is 0 Å². The van der Waals surface area contributed by atoms with Crippen molar-refractivity contribution in [3.8, 4) is 0 Å². The fourth-order valence-electron chi connectivity index (χ4n) is 1.78. The van der Waals surface area contributed by atoms with Gasteiger partial charge in [-0.1, -0.05) is 19.9 Å². The lowest BCUT2D eigenvalue weighted by atomic mass is 10.1. The molecule has 3 heteroatoms. The number of rotatable bonds is 8. The summed E-state index contributed by atoms with van der Waals surface area (Å²) in [5, 5.41) is 12.0. The molecule has 0 radical (unpaired) electrons. The molecular weight excluding hydrogens is 218 g/mol. The van der Waals surface area contributed by atoms with Crippen molar-refractivity contribution in [2.45, 2.75) is 39.2 Å². The molecule has 16 heavy (non-hydrogen) atoms. The highest BCUT2D eigenvalue weighted by Crippen LogP contribution is 2.13. The second-order valence-electron chi connectivity index (χ2n) is 4.09. The average molecular weight is 241 g/mol. The fraction of sp³-hybridized carbons (Fsp3) is 0.692. The van der Waals surface area contributed by atoms with E-state index < -0.39 is 0 Å². The first-order valence-corrected chi connectivity index (χ1v) is 7.07. The summed E-state index contributed by atoms with van der Waals surface area (Å²) in [7, 11) is 0. The summed E-state index contributed by atoms with van der Waals surface area (Å²) in [6.45, 7) is 7.50. The molecule has 0 aliphatic heterocycles. The Morgan fingerprint density at radius 1 is 1.31 bits per heavy atom. The van der Waals surface area contributed by atoms with E-state index in [2.05, 4.69) is 36.3 Å². The van der Waals surface area contributed by atoms with Crippen LogP contribution in [0, 0.1) is 0 Å². The number of hydrogen-bond donors (Lipinski definition) is 1. The summed E-state index contributed by atoms with van der Waals surface area (Å²) in [4.78, 5) is 3.73. The fourth-order valence-corrected chi connectivity index (χ4v) is 2.50. The minimum Gasteiger partial charge on any atom is -0.393 e. The van der Waals surface area contributed by atoms with Crippen LogP contribution in [0.15, 0.2) is 17.5 Å². The lowest BCUT2D eigenvalue weighted by Gasteiger charge is -2.19. The highest BCUT2D eigenvalue weighted by Gasteiger charge is 2.07. The van der Waals surface area contributed by atoms with Crippen molar-refractivity contribution in [3.63, 3.8) is 0 Å². The number of nitrogens with zero attached hydrogens (tertiary/aromatic N) is 1. The van der Waals surface area contributed by atoms with Gasteiger partial charge in [0.1, 0.15) is 0 Å². The van der Waals surface area contributed by atoms with Crippen molar-refractivity contribution in [2.75, 3.05) is 19.6 Å². The minimum absolute atomic E-state index is 0.150. The largest absolute Gasteiger partial charge is 0.393 e. The molecule has 1 atom stereocenters. The smallest absolute Gasteiger partial charge is 0.0555 e. The lowest BCUT2D eigenvalue weighted by Crippen LogP contribution is -2.27. The van der Waals surface area contributed by atoms with Crippen molar-refractivity contribution < 1.29 is 5.11 Å². The van der Waals surface area contributed by atoms with Crippen LogP contribution in [0.5, 0.6) is 0 Å². The molecule has 1 heterocycles. The van der Waals surface area contributed by atoms with E-state index in [1.807, 2.05) is 0 Å². The minimum atomic E-state index is -0.150. The molecule has 0 aliphatic carbocycles. The van der Waals surface area contributed by atoms with E-state index in [4.69, 9.17) is 0 Å².